The van der Waals surface area contributed by atoms with E-state index >= 15 is 0 Å². The first-order valence-electron chi connectivity index (χ1n) is 13.6. The van der Waals surface area contributed by atoms with Crippen LogP contribution in [0.5, 0.6) is 17.2 Å². The molecule has 0 spiro atoms. The van der Waals surface area contributed by atoms with Gasteiger partial charge in [-0.15, -0.1) is 0 Å². The van der Waals surface area contributed by atoms with Gasteiger partial charge in [0.25, 0.3) is 0 Å². The Balaban J connectivity index is 1.26. The van der Waals surface area contributed by atoms with Gasteiger partial charge in [-0.3, -0.25) is 10.2 Å². The van der Waals surface area contributed by atoms with Gasteiger partial charge >= 0.3 is 0 Å². The van der Waals surface area contributed by atoms with Crippen LogP contribution >= 0.6 is 0 Å². The van der Waals surface area contributed by atoms with Crippen molar-refractivity contribution >= 4 is 23.3 Å². The second-order valence-electron chi connectivity index (χ2n) is 9.98. The molecule has 0 bridgehead atoms. The minimum atomic E-state index is 0.00141. The number of benzene rings is 3. The summed E-state index contributed by atoms with van der Waals surface area (Å²) in [5, 5.41) is 21.6. The molecular formula is C32H31N7O3. The Kier molecular flexibility index (Phi) is 8.58. The van der Waals surface area contributed by atoms with E-state index in [9.17, 15) is 10.1 Å². The number of nitrogens with one attached hydrogen (secondary N) is 2. The first-order chi connectivity index (χ1) is 20.4. The molecule has 10 heteroatoms. The number of rotatable bonds is 9. The van der Waals surface area contributed by atoms with Crippen molar-refractivity contribution in [1.82, 2.24) is 14.9 Å². The number of hydrogen-bond donors (Lipinski definition) is 3. The summed E-state index contributed by atoms with van der Waals surface area (Å²) in [5.41, 5.74) is 8.81. The predicted molar refractivity (Wildman–Crippen MR) is 160 cm³/mol. The van der Waals surface area contributed by atoms with Crippen LogP contribution in [0, 0.1) is 16.7 Å². The van der Waals surface area contributed by atoms with E-state index < -0.39 is 0 Å². The highest BCUT2D eigenvalue weighted by Crippen LogP contribution is 2.27. The van der Waals surface area contributed by atoms with Crippen molar-refractivity contribution in [1.29, 1.82) is 10.7 Å². The van der Waals surface area contributed by atoms with Gasteiger partial charge in [0, 0.05) is 31.6 Å². The first kappa shape index (κ1) is 28.1. The number of hydrogen-bond acceptors (Lipinski definition) is 9. The second-order valence-corrected chi connectivity index (χ2v) is 9.98. The smallest absolute Gasteiger partial charge is 0.219 e. The van der Waals surface area contributed by atoms with Crippen LogP contribution in [0.3, 0.4) is 0 Å². The second kappa shape index (κ2) is 12.8. The van der Waals surface area contributed by atoms with E-state index in [1.165, 1.54) is 6.33 Å². The average Bonchev–Trinajstić information content (AvgIpc) is 3.01. The third-order valence-corrected chi connectivity index (χ3v) is 7.01. The van der Waals surface area contributed by atoms with Crippen molar-refractivity contribution in [3.8, 4) is 23.3 Å². The summed E-state index contributed by atoms with van der Waals surface area (Å²) in [7, 11) is 0. The molecule has 10 nitrogen and oxygen atoms in total. The standard InChI is InChI=1S/C32H31N7O3/c1-21(40)39-15-5-8-25(18-39)38-32-29(31(35)36-20-37-32)30(34)23-11-13-26(14-12-23)42-27-9-4-6-22(16-27)19-41-28-10-3-2-7-24(28)17-33/h2-4,6-7,9-14,16,20,25,34H,5,8,15,18-19H2,1H3,(H3,35,36,37,38). The van der Waals surface area contributed by atoms with Crippen LogP contribution in [0.4, 0.5) is 11.6 Å². The summed E-state index contributed by atoms with van der Waals surface area (Å²) in [5.74, 6) is 2.48. The Morgan fingerprint density at radius 2 is 1.93 bits per heavy atom. The molecule has 1 atom stereocenters. The molecule has 2 heterocycles. The summed E-state index contributed by atoms with van der Waals surface area (Å²) in [6.07, 6.45) is 3.14. The molecule has 4 aromatic rings. The Hall–Kier alpha value is -5.43. The van der Waals surface area contributed by atoms with Gasteiger partial charge in [0.2, 0.25) is 5.91 Å². The number of carbonyl (C=O) groups is 1. The minimum absolute atomic E-state index is 0.00141. The van der Waals surface area contributed by atoms with E-state index in [1.807, 2.05) is 35.2 Å². The third-order valence-electron chi connectivity index (χ3n) is 7.01. The molecule has 1 aliphatic heterocycles. The highest BCUT2D eigenvalue weighted by atomic mass is 16.5. The van der Waals surface area contributed by atoms with Crippen LogP contribution in [0.15, 0.2) is 79.1 Å². The molecule has 5 rings (SSSR count). The summed E-state index contributed by atoms with van der Waals surface area (Å²) in [6, 6.07) is 23.9. The SMILES string of the molecule is CC(=O)N1CCCC(Nc2ncnc(N)c2C(=N)c2ccc(Oc3cccc(COc4ccccc4C#N)c3)cc2)C1. The summed E-state index contributed by atoms with van der Waals surface area (Å²) < 4.78 is 11.9. The number of nitrogens with zero attached hydrogens (tertiary/aromatic N) is 4. The lowest BCUT2D eigenvalue weighted by Crippen LogP contribution is -2.44. The van der Waals surface area contributed by atoms with Gasteiger partial charge in [-0.25, -0.2) is 9.97 Å². The molecule has 0 radical (unpaired) electrons. The molecule has 212 valence electrons. The van der Waals surface area contributed by atoms with Crippen molar-refractivity contribution in [2.45, 2.75) is 32.4 Å². The maximum atomic E-state index is 11.9. The zero-order valence-electron chi connectivity index (χ0n) is 23.2. The van der Waals surface area contributed by atoms with Gasteiger partial charge in [-0.05, 0) is 66.9 Å². The molecule has 1 fully saturated rings. The van der Waals surface area contributed by atoms with Crippen LogP contribution in [0.1, 0.15) is 42.0 Å². The van der Waals surface area contributed by atoms with Crippen LogP contribution in [-0.4, -0.2) is 45.6 Å². The average molecular weight is 562 g/mol. The molecular weight excluding hydrogens is 530 g/mol. The van der Waals surface area contributed by atoms with Gasteiger partial charge in [-0.2, -0.15) is 5.26 Å². The molecule has 1 aromatic heterocycles. The van der Waals surface area contributed by atoms with Gasteiger partial charge in [0.05, 0.1) is 16.8 Å². The van der Waals surface area contributed by atoms with Gasteiger partial charge < -0.3 is 25.4 Å². The van der Waals surface area contributed by atoms with Crippen molar-refractivity contribution in [2.75, 3.05) is 24.1 Å². The Morgan fingerprint density at radius 3 is 2.71 bits per heavy atom. The first-order valence-corrected chi connectivity index (χ1v) is 13.6. The number of likely N-dealkylation sites (tertiary alicyclic amines) is 1. The monoisotopic (exact) mass is 561 g/mol. The number of para-hydroxylation sites is 1. The topological polar surface area (TPSA) is 150 Å². The molecule has 1 unspecified atom stereocenters. The fraction of sp³-hybridized carbons (Fsp3) is 0.219. The van der Waals surface area contributed by atoms with E-state index in [0.717, 1.165) is 24.9 Å². The predicted octanol–water partition coefficient (Wildman–Crippen LogP) is 5.14. The zero-order valence-corrected chi connectivity index (χ0v) is 23.2. The Bertz CT molecular complexity index is 1630. The molecule has 1 saturated heterocycles. The molecule has 1 amide bonds. The number of anilines is 2. The van der Waals surface area contributed by atoms with Crippen LogP contribution in [-0.2, 0) is 11.4 Å². The summed E-state index contributed by atoms with van der Waals surface area (Å²) >= 11 is 0. The molecule has 4 N–H and O–H groups in total. The summed E-state index contributed by atoms with van der Waals surface area (Å²) in [6.45, 7) is 3.17. The molecule has 1 aliphatic rings. The van der Waals surface area contributed by atoms with Gasteiger partial charge in [0.1, 0.15) is 47.9 Å². The maximum absolute atomic E-state index is 11.9. The number of nitrogens with two attached hydrogens (primary N) is 1. The van der Waals surface area contributed by atoms with Crippen LogP contribution in [0.25, 0.3) is 0 Å². The quantitative estimate of drug-likeness (QED) is 0.238. The largest absolute Gasteiger partial charge is 0.488 e. The van der Waals surface area contributed by atoms with Crippen LogP contribution in [0.2, 0.25) is 0 Å². The van der Waals surface area contributed by atoms with E-state index in [-0.39, 0.29) is 30.1 Å². The highest BCUT2D eigenvalue weighted by Gasteiger charge is 2.24. The number of piperidine rings is 1. The lowest BCUT2D eigenvalue weighted by Gasteiger charge is -2.33. The number of nitrogen functional groups attached to an aromatic ring is 1. The summed E-state index contributed by atoms with van der Waals surface area (Å²) in [4.78, 5) is 22.2. The number of ether oxygens (including phenoxy) is 2. The van der Waals surface area contributed by atoms with Gasteiger partial charge in [0.15, 0.2) is 0 Å². The number of aromatic nitrogens is 2. The number of amides is 1. The fourth-order valence-corrected chi connectivity index (χ4v) is 4.84. The van der Waals surface area contributed by atoms with Gasteiger partial charge in [-0.1, -0.05) is 24.3 Å². The lowest BCUT2D eigenvalue weighted by molar-refractivity contribution is -0.129. The Morgan fingerprint density at radius 1 is 1.12 bits per heavy atom. The minimum Gasteiger partial charge on any atom is -0.488 e. The number of nitriles is 1. The Labute approximate surface area is 244 Å². The normalized spacial score (nSPS) is 14.5. The van der Waals surface area contributed by atoms with Crippen molar-refractivity contribution in [2.24, 2.45) is 0 Å². The van der Waals surface area contributed by atoms with Crippen molar-refractivity contribution in [3.05, 3.63) is 101 Å². The number of carbonyl (C=O) groups excluding carboxylic acids is 1. The molecule has 0 aliphatic carbocycles. The van der Waals surface area contributed by atoms with Crippen molar-refractivity contribution in [3.63, 3.8) is 0 Å². The van der Waals surface area contributed by atoms with Crippen molar-refractivity contribution < 1.29 is 14.3 Å². The van der Waals surface area contributed by atoms with E-state index in [1.54, 1.807) is 49.4 Å². The maximum Gasteiger partial charge on any atom is 0.219 e. The van der Waals surface area contributed by atoms with E-state index in [2.05, 4.69) is 21.4 Å². The van der Waals surface area contributed by atoms with E-state index in [0.29, 0.717) is 46.3 Å². The lowest BCUT2D eigenvalue weighted by atomic mass is 10.0. The molecule has 42 heavy (non-hydrogen) atoms. The zero-order chi connectivity index (χ0) is 29.5. The van der Waals surface area contributed by atoms with E-state index in [4.69, 9.17) is 20.6 Å². The fourth-order valence-electron chi connectivity index (χ4n) is 4.84. The highest BCUT2D eigenvalue weighted by molar-refractivity contribution is 6.16. The molecule has 3 aromatic carbocycles. The van der Waals surface area contributed by atoms with Crippen LogP contribution < -0.4 is 20.5 Å². The molecule has 0 saturated carbocycles. The third kappa shape index (κ3) is 6.64.